The molecular formula is C24H21N3O8. The summed E-state index contributed by atoms with van der Waals surface area (Å²) in [5.41, 5.74) is 2.91. The zero-order valence-corrected chi connectivity index (χ0v) is 18.8. The first-order chi connectivity index (χ1) is 16.9. The maximum Gasteiger partial charge on any atom is 0.343 e. The Hall–Kier alpha value is -4.93. The van der Waals surface area contributed by atoms with Gasteiger partial charge in [0, 0.05) is 12.1 Å². The summed E-state index contributed by atoms with van der Waals surface area (Å²) in [5, 5.41) is 14.6. The number of nitro benzene ring substituents is 1. The number of para-hydroxylation sites is 2. The highest BCUT2D eigenvalue weighted by molar-refractivity contribution is 5.92. The number of carbonyl (C=O) groups excluding carboxylic acids is 2. The van der Waals surface area contributed by atoms with Crippen molar-refractivity contribution >= 4 is 23.8 Å². The number of esters is 1. The van der Waals surface area contributed by atoms with Crippen LogP contribution in [0.1, 0.15) is 15.9 Å². The molecule has 0 aliphatic heterocycles. The number of carbonyl (C=O) groups is 2. The van der Waals surface area contributed by atoms with Gasteiger partial charge in [-0.2, -0.15) is 5.10 Å². The maximum absolute atomic E-state index is 12.4. The van der Waals surface area contributed by atoms with Gasteiger partial charge in [-0.15, -0.1) is 0 Å². The van der Waals surface area contributed by atoms with Gasteiger partial charge in [0.1, 0.15) is 0 Å². The van der Waals surface area contributed by atoms with Crippen LogP contribution in [0.4, 0.5) is 5.69 Å². The molecule has 180 valence electrons. The van der Waals surface area contributed by atoms with Crippen LogP contribution in [0.15, 0.2) is 71.8 Å². The predicted molar refractivity (Wildman–Crippen MR) is 125 cm³/mol. The molecule has 1 amide bonds. The largest absolute Gasteiger partial charge is 0.493 e. The van der Waals surface area contributed by atoms with E-state index >= 15 is 0 Å². The van der Waals surface area contributed by atoms with Crippen molar-refractivity contribution in [1.29, 1.82) is 0 Å². The minimum absolute atomic E-state index is 0.138. The van der Waals surface area contributed by atoms with E-state index in [-0.39, 0.29) is 29.4 Å². The van der Waals surface area contributed by atoms with Crippen molar-refractivity contribution in [2.75, 3.05) is 20.8 Å². The number of benzene rings is 3. The molecule has 35 heavy (non-hydrogen) atoms. The van der Waals surface area contributed by atoms with E-state index in [0.717, 1.165) is 0 Å². The van der Waals surface area contributed by atoms with Crippen LogP contribution in [0.3, 0.4) is 0 Å². The van der Waals surface area contributed by atoms with Gasteiger partial charge in [0.05, 0.1) is 30.9 Å². The second kappa shape index (κ2) is 11.8. The molecular weight excluding hydrogens is 458 g/mol. The molecule has 0 aromatic heterocycles. The first kappa shape index (κ1) is 24.7. The fourth-order valence-corrected chi connectivity index (χ4v) is 2.82. The van der Waals surface area contributed by atoms with E-state index in [0.29, 0.717) is 17.1 Å². The Labute approximate surface area is 200 Å². The van der Waals surface area contributed by atoms with E-state index in [1.807, 2.05) is 0 Å². The highest BCUT2D eigenvalue weighted by Crippen LogP contribution is 2.29. The van der Waals surface area contributed by atoms with Crippen LogP contribution in [-0.4, -0.2) is 43.8 Å². The standard InChI is InChI=1S/C24H21N3O8/c1-32-19-5-3-4-6-20(19)34-15-23(28)26-25-14-16-7-12-21(22(13-16)33-2)35-24(29)17-8-10-18(11-9-17)27(30)31/h3-14H,15H2,1-2H3,(H,26,28)/b25-14+. The highest BCUT2D eigenvalue weighted by Gasteiger charge is 2.14. The van der Waals surface area contributed by atoms with Crippen LogP contribution in [-0.2, 0) is 4.79 Å². The molecule has 0 aliphatic rings. The second-order valence-corrected chi connectivity index (χ2v) is 6.84. The molecule has 0 spiro atoms. The minimum atomic E-state index is -0.707. The molecule has 0 aliphatic carbocycles. The van der Waals surface area contributed by atoms with Gasteiger partial charge in [-0.1, -0.05) is 12.1 Å². The van der Waals surface area contributed by atoms with E-state index in [1.54, 1.807) is 36.4 Å². The molecule has 0 fully saturated rings. The Balaban J connectivity index is 1.57. The van der Waals surface area contributed by atoms with Gasteiger partial charge in [-0.25, -0.2) is 10.2 Å². The van der Waals surface area contributed by atoms with Crippen LogP contribution in [0.5, 0.6) is 23.0 Å². The summed E-state index contributed by atoms with van der Waals surface area (Å²) in [6, 6.07) is 16.6. The van der Waals surface area contributed by atoms with Crippen molar-refractivity contribution in [3.63, 3.8) is 0 Å². The average Bonchev–Trinajstić information content (AvgIpc) is 2.88. The lowest BCUT2D eigenvalue weighted by Gasteiger charge is -2.10. The first-order valence-electron chi connectivity index (χ1n) is 10.1. The molecule has 11 heteroatoms. The van der Waals surface area contributed by atoms with Gasteiger partial charge in [0.2, 0.25) is 0 Å². The van der Waals surface area contributed by atoms with Crippen LogP contribution >= 0.6 is 0 Å². The number of hydrogen-bond donors (Lipinski definition) is 1. The normalized spacial score (nSPS) is 10.5. The van der Waals surface area contributed by atoms with E-state index in [1.165, 1.54) is 50.8 Å². The van der Waals surface area contributed by atoms with Gasteiger partial charge in [0.25, 0.3) is 11.6 Å². The van der Waals surface area contributed by atoms with Crippen LogP contribution in [0.25, 0.3) is 0 Å². The van der Waals surface area contributed by atoms with Gasteiger partial charge in [-0.3, -0.25) is 14.9 Å². The van der Waals surface area contributed by atoms with Crippen molar-refractivity contribution in [2.24, 2.45) is 5.10 Å². The van der Waals surface area contributed by atoms with E-state index in [4.69, 9.17) is 18.9 Å². The lowest BCUT2D eigenvalue weighted by molar-refractivity contribution is -0.384. The zero-order chi connectivity index (χ0) is 25.2. The topological polar surface area (TPSA) is 139 Å². The number of hydrazone groups is 1. The van der Waals surface area contributed by atoms with Crippen molar-refractivity contribution in [3.05, 3.63) is 88.0 Å². The number of rotatable bonds is 10. The van der Waals surface area contributed by atoms with Gasteiger partial charge in [0.15, 0.2) is 29.6 Å². The monoisotopic (exact) mass is 479 g/mol. The lowest BCUT2D eigenvalue weighted by atomic mass is 10.2. The minimum Gasteiger partial charge on any atom is -0.493 e. The number of hydrogen-bond acceptors (Lipinski definition) is 9. The number of nitro groups is 1. The van der Waals surface area contributed by atoms with Gasteiger partial charge >= 0.3 is 5.97 Å². The quantitative estimate of drug-likeness (QED) is 0.154. The molecule has 0 saturated heterocycles. The Bertz CT molecular complexity index is 1240. The summed E-state index contributed by atoms with van der Waals surface area (Å²) in [6.07, 6.45) is 1.38. The van der Waals surface area contributed by atoms with Crippen molar-refractivity contribution in [2.45, 2.75) is 0 Å². The Kier molecular flexibility index (Phi) is 8.33. The molecule has 11 nitrogen and oxygen atoms in total. The van der Waals surface area contributed by atoms with Gasteiger partial charge < -0.3 is 18.9 Å². The Morgan fingerprint density at radius 2 is 1.63 bits per heavy atom. The second-order valence-electron chi connectivity index (χ2n) is 6.84. The molecule has 3 rings (SSSR count). The predicted octanol–water partition coefficient (Wildman–Crippen LogP) is 3.36. The molecule has 0 saturated carbocycles. The van der Waals surface area contributed by atoms with Crippen molar-refractivity contribution in [3.8, 4) is 23.0 Å². The van der Waals surface area contributed by atoms with E-state index < -0.39 is 16.8 Å². The molecule has 0 bridgehead atoms. The zero-order valence-electron chi connectivity index (χ0n) is 18.8. The molecule has 0 atom stereocenters. The van der Waals surface area contributed by atoms with Crippen LogP contribution < -0.4 is 24.4 Å². The Morgan fingerprint density at radius 3 is 2.29 bits per heavy atom. The van der Waals surface area contributed by atoms with Crippen molar-refractivity contribution < 1.29 is 33.5 Å². The molecule has 0 radical (unpaired) electrons. The first-order valence-corrected chi connectivity index (χ1v) is 10.1. The number of amides is 1. The number of nitrogens with zero attached hydrogens (tertiary/aromatic N) is 2. The number of methoxy groups -OCH3 is 2. The molecule has 1 N–H and O–H groups in total. The van der Waals surface area contributed by atoms with E-state index in [2.05, 4.69) is 10.5 Å². The average molecular weight is 479 g/mol. The summed E-state index contributed by atoms with van der Waals surface area (Å²) < 4.78 is 21.2. The third-order valence-electron chi connectivity index (χ3n) is 4.53. The van der Waals surface area contributed by atoms with E-state index in [9.17, 15) is 19.7 Å². The third kappa shape index (κ3) is 6.78. The molecule has 0 heterocycles. The lowest BCUT2D eigenvalue weighted by Crippen LogP contribution is -2.24. The maximum atomic E-state index is 12.4. The van der Waals surface area contributed by atoms with Gasteiger partial charge in [-0.05, 0) is 48.0 Å². The summed E-state index contributed by atoms with van der Waals surface area (Å²) in [7, 11) is 2.90. The molecule has 0 unspecified atom stereocenters. The SMILES string of the molecule is COc1ccccc1OCC(=O)N/N=C/c1ccc(OC(=O)c2ccc([N+](=O)[O-])cc2)c(OC)c1. The molecule has 3 aromatic carbocycles. The summed E-state index contributed by atoms with van der Waals surface area (Å²) in [4.78, 5) is 34.5. The third-order valence-corrected chi connectivity index (χ3v) is 4.53. The Morgan fingerprint density at radius 1 is 0.943 bits per heavy atom. The number of nitrogens with one attached hydrogen (secondary N) is 1. The smallest absolute Gasteiger partial charge is 0.343 e. The summed E-state index contributed by atoms with van der Waals surface area (Å²) in [5.74, 6) is 0.134. The van der Waals surface area contributed by atoms with Crippen molar-refractivity contribution in [1.82, 2.24) is 5.43 Å². The van der Waals surface area contributed by atoms with Crippen LogP contribution in [0.2, 0.25) is 0 Å². The fourth-order valence-electron chi connectivity index (χ4n) is 2.82. The van der Waals surface area contributed by atoms with Crippen LogP contribution in [0, 0.1) is 10.1 Å². The number of ether oxygens (including phenoxy) is 4. The fraction of sp³-hybridized carbons (Fsp3) is 0.125. The summed E-state index contributed by atoms with van der Waals surface area (Å²) in [6.45, 7) is -0.265. The number of non-ortho nitro benzene ring substituents is 1. The highest BCUT2D eigenvalue weighted by atomic mass is 16.6. The molecule has 3 aromatic rings. The summed E-state index contributed by atoms with van der Waals surface area (Å²) >= 11 is 0.